The average Bonchev–Trinajstić information content (AvgIpc) is 2.35. The lowest BCUT2D eigenvalue weighted by Gasteiger charge is -1.71. The predicted octanol–water partition coefficient (Wildman–Crippen LogP) is 2.06. The van der Waals surface area contributed by atoms with Gasteiger partial charge in [-0.15, -0.1) is 0 Å². The topological polar surface area (TPSA) is 25.8 Å². The molecule has 0 bridgehead atoms. The van der Waals surface area contributed by atoms with E-state index in [1.54, 1.807) is 11.5 Å². The summed E-state index contributed by atoms with van der Waals surface area (Å²) in [6.45, 7) is 2.06. The zero-order chi connectivity index (χ0) is 6.27. The zero-order valence-corrected chi connectivity index (χ0v) is 6.42. The molecule has 0 aliphatic heterocycles. The molecular formula is C5H4N2S2. The minimum atomic E-state index is 1.07. The van der Waals surface area contributed by atoms with Gasteiger partial charge < -0.3 is 0 Å². The molecule has 2 aromatic rings. The van der Waals surface area contributed by atoms with E-state index in [1.165, 1.54) is 21.8 Å². The second-order valence-electron chi connectivity index (χ2n) is 1.78. The van der Waals surface area contributed by atoms with Gasteiger partial charge in [-0.25, -0.2) is 0 Å². The minimum absolute atomic E-state index is 1.07. The average molecular weight is 156 g/mol. The van der Waals surface area contributed by atoms with E-state index in [0.29, 0.717) is 0 Å². The molecule has 0 saturated heterocycles. The van der Waals surface area contributed by atoms with E-state index in [-0.39, 0.29) is 0 Å². The van der Waals surface area contributed by atoms with Crippen LogP contribution in [0.15, 0.2) is 6.20 Å². The fraction of sp³-hybridized carbons (Fsp3) is 0.200. The highest BCUT2D eigenvalue weighted by molar-refractivity contribution is 7.16. The van der Waals surface area contributed by atoms with E-state index in [1.807, 2.05) is 6.20 Å². The van der Waals surface area contributed by atoms with Gasteiger partial charge in [0.05, 0.1) is 6.20 Å². The van der Waals surface area contributed by atoms with Crippen molar-refractivity contribution in [2.45, 2.75) is 6.92 Å². The van der Waals surface area contributed by atoms with Crippen LogP contribution < -0.4 is 0 Å². The lowest BCUT2D eigenvalue weighted by Crippen LogP contribution is -1.54. The SMILES string of the molecule is Cc1snc2sncc12. The first-order valence-electron chi connectivity index (χ1n) is 2.54. The van der Waals surface area contributed by atoms with Gasteiger partial charge in [-0.2, -0.15) is 8.75 Å². The zero-order valence-electron chi connectivity index (χ0n) is 4.79. The minimum Gasteiger partial charge on any atom is -0.198 e. The maximum absolute atomic E-state index is 4.18. The monoisotopic (exact) mass is 156 g/mol. The fourth-order valence-electron chi connectivity index (χ4n) is 0.700. The normalized spacial score (nSPS) is 10.8. The van der Waals surface area contributed by atoms with Crippen LogP contribution in [0.5, 0.6) is 0 Å². The summed E-state index contributed by atoms with van der Waals surface area (Å²) in [5, 5.41) is 1.21. The molecule has 0 unspecified atom stereocenters. The summed E-state index contributed by atoms with van der Waals surface area (Å²) in [6, 6.07) is 0. The van der Waals surface area contributed by atoms with Gasteiger partial charge >= 0.3 is 0 Å². The van der Waals surface area contributed by atoms with E-state index in [2.05, 4.69) is 15.7 Å². The van der Waals surface area contributed by atoms with Crippen molar-refractivity contribution in [1.82, 2.24) is 8.75 Å². The van der Waals surface area contributed by atoms with Crippen LogP contribution >= 0.6 is 23.1 Å². The van der Waals surface area contributed by atoms with Gasteiger partial charge in [0, 0.05) is 10.3 Å². The van der Waals surface area contributed by atoms with Gasteiger partial charge in [0.15, 0.2) is 4.83 Å². The van der Waals surface area contributed by atoms with Gasteiger partial charge in [0.25, 0.3) is 0 Å². The van der Waals surface area contributed by atoms with Crippen LogP contribution in [0.2, 0.25) is 0 Å². The van der Waals surface area contributed by atoms with Crippen LogP contribution in [0.3, 0.4) is 0 Å². The number of rotatable bonds is 0. The third-order valence-electron chi connectivity index (χ3n) is 1.20. The molecule has 0 amide bonds. The quantitative estimate of drug-likeness (QED) is 0.583. The molecule has 9 heavy (non-hydrogen) atoms. The maximum atomic E-state index is 4.18. The number of hydrogen-bond acceptors (Lipinski definition) is 4. The Kier molecular flexibility index (Phi) is 1.03. The highest BCUT2D eigenvalue weighted by Gasteiger charge is 2.01. The van der Waals surface area contributed by atoms with Gasteiger partial charge in [0.1, 0.15) is 0 Å². The molecule has 0 aliphatic carbocycles. The van der Waals surface area contributed by atoms with Crippen LogP contribution in [0.25, 0.3) is 10.2 Å². The molecule has 0 spiro atoms. The van der Waals surface area contributed by atoms with Gasteiger partial charge in [0.2, 0.25) is 0 Å². The van der Waals surface area contributed by atoms with Gasteiger partial charge in [-0.3, -0.25) is 0 Å². The van der Waals surface area contributed by atoms with E-state index in [9.17, 15) is 0 Å². The lowest BCUT2D eigenvalue weighted by molar-refractivity contribution is 1.59. The van der Waals surface area contributed by atoms with Crippen LogP contribution in [0.1, 0.15) is 4.88 Å². The molecule has 0 radical (unpaired) electrons. The number of fused-ring (bicyclic) bond motifs is 1. The lowest BCUT2D eigenvalue weighted by atomic mass is 10.4. The van der Waals surface area contributed by atoms with Crippen molar-refractivity contribution in [2.24, 2.45) is 0 Å². The Bertz CT molecular complexity index is 322. The standard InChI is InChI=1S/C5H4N2S2/c1-3-4-2-6-9-5(4)7-8-3/h2H,1H3. The molecule has 4 heteroatoms. The van der Waals surface area contributed by atoms with Crippen molar-refractivity contribution < 1.29 is 0 Å². The van der Waals surface area contributed by atoms with Crippen LogP contribution in [-0.2, 0) is 0 Å². The molecule has 46 valence electrons. The van der Waals surface area contributed by atoms with Crippen LogP contribution in [0, 0.1) is 6.92 Å². The fourth-order valence-corrected chi connectivity index (χ4v) is 2.14. The first-order chi connectivity index (χ1) is 4.38. The highest BCUT2D eigenvalue weighted by atomic mass is 32.1. The first kappa shape index (κ1) is 5.32. The molecule has 0 aromatic carbocycles. The Labute approximate surface area is 60.5 Å². The summed E-state index contributed by atoms with van der Waals surface area (Å²) in [4.78, 5) is 2.33. The van der Waals surface area contributed by atoms with Gasteiger partial charge in [-0.1, -0.05) is 0 Å². The molecule has 0 saturated carbocycles. The number of hydrogen-bond donors (Lipinski definition) is 0. The molecule has 0 N–H and O–H groups in total. The Morgan fingerprint density at radius 2 is 2.33 bits per heavy atom. The molecule has 0 fully saturated rings. The molecule has 2 aromatic heterocycles. The second-order valence-corrected chi connectivity index (χ2v) is 3.54. The van der Waals surface area contributed by atoms with E-state index < -0.39 is 0 Å². The van der Waals surface area contributed by atoms with Crippen molar-refractivity contribution in [3.05, 3.63) is 11.1 Å². The Balaban J connectivity index is 2.99. The van der Waals surface area contributed by atoms with E-state index >= 15 is 0 Å². The largest absolute Gasteiger partial charge is 0.198 e. The van der Waals surface area contributed by atoms with Gasteiger partial charge in [-0.05, 0) is 30.0 Å². The van der Waals surface area contributed by atoms with Crippen molar-refractivity contribution >= 4 is 33.3 Å². The number of aromatic nitrogens is 2. The third kappa shape index (κ3) is 0.668. The summed E-state index contributed by atoms with van der Waals surface area (Å²) in [7, 11) is 0. The second kappa shape index (κ2) is 1.75. The molecule has 2 nitrogen and oxygen atoms in total. The smallest absolute Gasteiger partial charge is 0.157 e. The van der Waals surface area contributed by atoms with Crippen molar-refractivity contribution in [3.8, 4) is 0 Å². The number of aryl methyl sites for hydroxylation is 1. The number of nitrogens with zero attached hydrogens (tertiary/aromatic N) is 2. The van der Waals surface area contributed by atoms with Crippen LogP contribution in [-0.4, -0.2) is 8.75 Å². The first-order valence-corrected chi connectivity index (χ1v) is 4.09. The summed E-state index contributed by atoms with van der Waals surface area (Å²) in [5.74, 6) is 0. The predicted molar refractivity (Wildman–Crippen MR) is 40.0 cm³/mol. The third-order valence-corrected chi connectivity index (χ3v) is 2.77. The van der Waals surface area contributed by atoms with E-state index in [4.69, 9.17) is 0 Å². The summed E-state index contributed by atoms with van der Waals surface area (Å²) < 4.78 is 8.18. The summed E-state index contributed by atoms with van der Waals surface area (Å²) in [5.41, 5.74) is 0. The molecular weight excluding hydrogens is 152 g/mol. The van der Waals surface area contributed by atoms with Crippen molar-refractivity contribution in [3.63, 3.8) is 0 Å². The Morgan fingerprint density at radius 3 is 3.11 bits per heavy atom. The maximum Gasteiger partial charge on any atom is 0.157 e. The van der Waals surface area contributed by atoms with Crippen molar-refractivity contribution in [2.75, 3.05) is 0 Å². The summed E-state index contributed by atoms with van der Waals surface area (Å²) >= 11 is 3.00. The van der Waals surface area contributed by atoms with E-state index in [0.717, 1.165) is 4.83 Å². The summed E-state index contributed by atoms with van der Waals surface area (Å²) in [6.07, 6.45) is 1.87. The Hall–Kier alpha value is -0.480. The molecule has 0 atom stereocenters. The highest BCUT2D eigenvalue weighted by Crippen LogP contribution is 2.23. The van der Waals surface area contributed by atoms with Crippen LogP contribution in [0.4, 0.5) is 0 Å². The van der Waals surface area contributed by atoms with Crippen molar-refractivity contribution in [1.29, 1.82) is 0 Å². The molecule has 0 aliphatic rings. The Morgan fingerprint density at radius 1 is 1.44 bits per heavy atom. The molecule has 2 rings (SSSR count). The molecule has 2 heterocycles.